The number of H-pyrrole nitrogens is 1. The Labute approximate surface area is 239 Å². The number of unbranched alkanes of at least 4 members (excludes halogenated alkanes) is 1. The molecule has 1 aromatic carbocycles. The van der Waals surface area contributed by atoms with Gasteiger partial charge in [-0.15, -0.1) is 0 Å². The molecule has 42 heavy (non-hydrogen) atoms. The Hall–Kier alpha value is -3.85. The molecule has 230 valence electrons. The number of azide groups is 1. The molecule has 1 aliphatic rings. The van der Waals surface area contributed by atoms with E-state index in [0.717, 1.165) is 23.3 Å². The summed E-state index contributed by atoms with van der Waals surface area (Å²) in [7, 11) is -4.40. The Bertz CT molecular complexity index is 1420. The van der Waals surface area contributed by atoms with E-state index in [9.17, 15) is 24.1 Å². The molecule has 0 amide bonds. The Kier molecular flexibility index (Phi) is 12.0. The molecule has 3 rings (SSSR count). The van der Waals surface area contributed by atoms with Gasteiger partial charge in [-0.2, -0.15) is 5.09 Å². The molecular formula is C24H33N6O11P. The molecular weight excluding hydrogens is 579 g/mol. The van der Waals surface area contributed by atoms with Gasteiger partial charge in [-0.1, -0.05) is 18.5 Å². The van der Waals surface area contributed by atoms with Crippen LogP contribution in [0.25, 0.3) is 10.4 Å². The lowest BCUT2D eigenvalue weighted by molar-refractivity contribution is -0.145. The van der Waals surface area contributed by atoms with Crippen LogP contribution >= 0.6 is 7.75 Å². The van der Waals surface area contributed by atoms with Crippen molar-refractivity contribution in [1.29, 1.82) is 0 Å². The first-order valence-corrected chi connectivity index (χ1v) is 14.5. The summed E-state index contributed by atoms with van der Waals surface area (Å²) in [6.45, 7) is 3.86. The predicted molar refractivity (Wildman–Crippen MR) is 146 cm³/mol. The number of aromatic amines is 1. The second-order valence-electron chi connectivity index (χ2n) is 9.07. The topological polar surface area (TPSA) is 225 Å². The molecule has 0 saturated carbocycles. The van der Waals surface area contributed by atoms with Gasteiger partial charge in [0.15, 0.2) is 11.5 Å². The number of aliphatic hydroxyl groups is 1. The lowest BCUT2D eigenvalue weighted by atomic mass is 10.2. The molecule has 2 heterocycles. The zero-order valence-corrected chi connectivity index (χ0v) is 24.1. The number of rotatable bonds is 17. The zero-order valence-electron chi connectivity index (χ0n) is 23.2. The van der Waals surface area contributed by atoms with Crippen molar-refractivity contribution in [2.24, 2.45) is 5.11 Å². The molecule has 0 radical (unpaired) electrons. The fourth-order valence-corrected chi connectivity index (χ4v) is 5.01. The van der Waals surface area contributed by atoms with Crippen molar-refractivity contribution >= 4 is 13.7 Å². The van der Waals surface area contributed by atoms with E-state index in [1.807, 2.05) is 6.92 Å². The van der Waals surface area contributed by atoms with Crippen molar-refractivity contribution in [1.82, 2.24) is 14.6 Å². The number of hydrogen-bond donors (Lipinski definition) is 3. The first-order chi connectivity index (χ1) is 20.0. The number of ether oxygens (including phenoxy) is 4. The highest BCUT2D eigenvalue weighted by molar-refractivity contribution is 7.52. The molecule has 1 aliphatic heterocycles. The minimum absolute atomic E-state index is 0.00531. The minimum atomic E-state index is -4.40. The average Bonchev–Trinajstić information content (AvgIpc) is 3.41. The number of aliphatic hydroxyl groups excluding tert-OH is 1. The smallest absolute Gasteiger partial charge is 0.459 e. The third-order valence-electron chi connectivity index (χ3n) is 5.76. The predicted octanol–water partition coefficient (Wildman–Crippen LogP) is 2.37. The largest absolute Gasteiger partial charge is 0.465 e. The maximum Gasteiger partial charge on any atom is 0.459 e. The lowest BCUT2D eigenvalue weighted by Gasteiger charge is -2.29. The lowest BCUT2D eigenvalue weighted by Crippen LogP contribution is -2.40. The Morgan fingerprint density at radius 2 is 2.05 bits per heavy atom. The highest BCUT2D eigenvalue weighted by Crippen LogP contribution is 2.47. The van der Waals surface area contributed by atoms with Gasteiger partial charge in [0.1, 0.15) is 24.1 Å². The molecule has 0 aliphatic carbocycles. The summed E-state index contributed by atoms with van der Waals surface area (Å²) < 4.78 is 47.8. The number of hydrogen-bond acceptors (Lipinski definition) is 12. The highest BCUT2D eigenvalue weighted by Gasteiger charge is 2.35. The maximum atomic E-state index is 13.9. The van der Waals surface area contributed by atoms with Crippen molar-refractivity contribution in [2.75, 3.05) is 26.6 Å². The van der Waals surface area contributed by atoms with Gasteiger partial charge in [0.2, 0.25) is 6.79 Å². The van der Waals surface area contributed by atoms with Crippen molar-refractivity contribution in [2.45, 2.75) is 58.1 Å². The highest BCUT2D eigenvalue weighted by atomic mass is 31.2. The van der Waals surface area contributed by atoms with E-state index in [0.29, 0.717) is 17.9 Å². The first kappa shape index (κ1) is 32.7. The fourth-order valence-electron chi connectivity index (χ4n) is 3.52. The number of fused-ring (bicyclic) bond motifs is 1. The van der Waals surface area contributed by atoms with E-state index < -0.39 is 62.6 Å². The van der Waals surface area contributed by atoms with Crippen molar-refractivity contribution in [3.05, 3.63) is 61.7 Å². The summed E-state index contributed by atoms with van der Waals surface area (Å²) in [5.74, 6) is 0.141. The molecule has 0 bridgehead atoms. The van der Waals surface area contributed by atoms with E-state index in [1.165, 1.54) is 32.0 Å². The number of esters is 1. The van der Waals surface area contributed by atoms with Crippen LogP contribution in [0.1, 0.15) is 39.8 Å². The van der Waals surface area contributed by atoms with Crippen LogP contribution in [0, 0.1) is 0 Å². The number of nitrogens with zero attached hydrogens (tertiary/aromatic N) is 4. The van der Waals surface area contributed by atoms with Crippen LogP contribution in [0.15, 0.2) is 45.2 Å². The molecule has 3 N–H and O–H groups in total. The zero-order chi connectivity index (χ0) is 30.7. The van der Waals surface area contributed by atoms with E-state index >= 15 is 0 Å². The molecule has 0 spiro atoms. The van der Waals surface area contributed by atoms with Crippen LogP contribution < -0.4 is 30.3 Å². The fraction of sp³-hybridized carbons (Fsp3) is 0.542. The monoisotopic (exact) mass is 612 g/mol. The van der Waals surface area contributed by atoms with Gasteiger partial charge < -0.3 is 28.6 Å². The van der Waals surface area contributed by atoms with Crippen molar-refractivity contribution in [3.8, 4) is 17.2 Å². The SMILES string of the molecule is CCCCOC(=O)[C@H](C)NP(=O)(OC[C@@H](O[C@H](CN=[N+]=[N-])n1ccc(=O)[nH]c1=O)[C@H](C)O)Oc1ccc2c(c1)OCO2. The summed E-state index contributed by atoms with van der Waals surface area (Å²) >= 11 is 0. The van der Waals surface area contributed by atoms with E-state index in [2.05, 4.69) is 20.1 Å². The first-order valence-electron chi connectivity index (χ1n) is 13.0. The van der Waals surface area contributed by atoms with Crippen LogP contribution in [0.2, 0.25) is 0 Å². The van der Waals surface area contributed by atoms with Crippen LogP contribution in [0.3, 0.4) is 0 Å². The molecule has 0 fully saturated rings. The third-order valence-corrected chi connectivity index (χ3v) is 7.40. The Balaban J connectivity index is 1.83. The molecule has 1 aromatic heterocycles. The standard InChI is InChI=1S/C24H33N6O11P/c1-4-5-10-36-23(33)15(2)28-42(35,41-17-6-7-18-19(11-17)38-14-37-18)39-13-20(16(3)31)40-22(12-26-29-25)30-9-8-21(32)27-24(30)34/h6-9,11,15-16,20,22,31H,4-5,10,12-14H2,1-3H3,(H,28,35)(H,27,32,34)/t15-,16-,20+,22+,42?/m0/s1. The summed E-state index contributed by atoms with van der Waals surface area (Å²) in [4.78, 5) is 41.0. The van der Waals surface area contributed by atoms with Crippen LogP contribution in [-0.4, -0.2) is 65.4 Å². The normalized spacial score (nSPS) is 16.4. The number of carbonyl (C=O) groups excluding carboxylic acids is 1. The van der Waals surface area contributed by atoms with Gasteiger partial charge >= 0.3 is 19.4 Å². The minimum Gasteiger partial charge on any atom is -0.465 e. The van der Waals surface area contributed by atoms with Crippen LogP contribution in [-0.2, 0) is 23.4 Å². The molecule has 0 saturated heterocycles. The molecule has 5 atom stereocenters. The van der Waals surface area contributed by atoms with Crippen LogP contribution in [0.4, 0.5) is 0 Å². The molecule has 17 nitrogen and oxygen atoms in total. The van der Waals surface area contributed by atoms with E-state index in [1.54, 1.807) is 0 Å². The summed E-state index contributed by atoms with van der Waals surface area (Å²) in [5, 5.41) is 16.4. The third kappa shape index (κ3) is 9.34. The Morgan fingerprint density at radius 3 is 2.74 bits per heavy atom. The summed E-state index contributed by atoms with van der Waals surface area (Å²) in [6.07, 6.45) is -1.26. The van der Waals surface area contributed by atoms with Gasteiger partial charge in [-0.25, -0.2) is 9.36 Å². The van der Waals surface area contributed by atoms with Gasteiger partial charge in [0.25, 0.3) is 5.56 Å². The van der Waals surface area contributed by atoms with E-state index in [-0.39, 0.29) is 19.1 Å². The summed E-state index contributed by atoms with van der Waals surface area (Å²) in [5.41, 5.74) is 7.27. The number of benzene rings is 1. The second-order valence-corrected chi connectivity index (χ2v) is 10.8. The quantitative estimate of drug-likeness (QED) is 0.0584. The number of aromatic nitrogens is 2. The molecule has 1 unspecified atom stereocenters. The molecule has 2 aromatic rings. The van der Waals surface area contributed by atoms with Crippen LogP contribution in [0.5, 0.6) is 17.2 Å². The van der Waals surface area contributed by atoms with Crippen molar-refractivity contribution in [3.63, 3.8) is 0 Å². The molecule has 18 heteroatoms. The second kappa shape index (κ2) is 15.4. The van der Waals surface area contributed by atoms with Crippen molar-refractivity contribution < 1.29 is 42.5 Å². The Morgan fingerprint density at radius 1 is 1.29 bits per heavy atom. The number of nitrogens with one attached hydrogen (secondary N) is 2. The average molecular weight is 613 g/mol. The summed E-state index contributed by atoms with van der Waals surface area (Å²) in [6, 6.07) is 4.33. The van der Waals surface area contributed by atoms with Gasteiger partial charge in [0.05, 0.1) is 25.9 Å². The van der Waals surface area contributed by atoms with Gasteiger partial charge in [-0.3, -0.25) is 23.7 Å². The maximum absolute atomic E-state index is 13.9. The van der Waals surface area contributed by atoms with Gasteiger partial charge in [0, 0.05) is 23.2 Å². The number of carbonyl (C=O) groups is 1. The van der Waals surface area contributed by atoms with E-state index in [4.69, 9.17) is 33.5 Å². The van der Waals surface area contributed by atoms with Gasteiger partial charge in [-0.05, 0) is 37.9 Å².